The third kappa shape index (κ3) is 3.20. The molecule has 0 radical (unpaired) electrons. The normalized spacial score (nSPS) is 10.2. The topological polar surface area (TPSA) is 75.1 Å². The van der Waals surface area contributed by atoms with Crippen molar-refractivity contribution in [3.05, 3.63) is 52.4 Å². The summed E-state index contributed by atoms with van der Waals surface area (Å²) < 4.78 is 0. The fourth-order valence-corrected chi connectivity index (χ4v) is 1.76. The molecule has 2 heterocycles. The van der Waals surface area contributed by atoms with Crippen molar-refractivity contribution in [1.82, 2.24) is 9.97 Å². The van der Waals surface area contributed by atoms with E-state index < -0.39 is 5.97 Å². The van der Waals surface area contributed by atoms with Crippen molar-refractivity contribution in [2.24, 2.45) is 0 Å². The fourth-order valence-electron chi connectivity index (χ4n) is 1.58. The third-order valence-electron chi connectivity index (χ3n) is 2.64. The summed E-state index contributed by atoms with van der Waals surface area (Å²) in [6.45, 7) is 2.43. The van der Waals surface area contributed by atoms with Gasteiger partial charge < -0.3 is 10.4 Å². The smallest absolute Gasteiger partial charge is 0.337 e. The Labute approximate surface area is 115 Å². The molecule has 98 valence electrons. The molecule has 0 saturated carbocycles. The Morgan fingerprint density at radius 3 is 2.95 bits per heavy atom. The van der Waals surface area contributed by atoms with Crippen molar-refractivity contribution in [3.8, 4) is 0 Å². The minimum Gasteiger partial charge on any atom is -0.478 e. The average molecular weight is 278 g/mol. The zero-order valence-corrected chi connectivity index (χ0v) is 11.0. The van der Waals surface area contributed by atoms with Gasteiger partial charge in [0.15, 0.2) is 0 Å². The quantitative estimate of drug-likeness (QED) is 0.899. The second kappa shape index (κ2) is 5.67. The first-order chi connectivity index (χ1) is 9.08. The molecular formula is C13H12ClN3O2. The van der Waals surface area contributed by atoms with Crippen LogP contribution >= 0.6 is 11.6 Å². The molecule has 0 atom stereocenters. The predicted octanol–water partition coefficient (Wildman–Crippen LogP) is 2.75. The maximum Gasteiger partial charge on any atom is 0.337 e. The van der Waals surface area contributed by atoms with Crippen LogP contribution in [0.1, 0.15) is 21.6 Å². The number of nitrogens with one attached hydrogen (secondary N) is 1. The zero-order chi connectivity index (χ0) is 13.8. The van der Waals surface area contributed by atoms with E-state index in [4.69, 9.17) is 16.7 Å². The molecular weight excluding hydrogens is 266 g/mol. The Morgan fingerprint density at radius 2 is 2.26 bits per heavy atom. The van der Waals surface area contributed by atoms with Crippen LogP contribution in [-0.4, -0.2) is 21.0 Å². The molecule has 0 spiro atoms. The van der Waals surface area contributed by atoms with E-state index in [0.29, 0.717) is 12.4 Å². The monoisotopic (exact) mass is 277 g/mol. The van der Waals surface area contributed by atoms with E-state index in [2.05, 4.69) is 15.3 Å². The predicted molar refractivity (Wildman–Crippen MR) is 72.5 cm³/mol. The van der Waals surface area contributed by atoms with Crippen LogP contribution in [0.15, 0.2) is 30.6 Å². The van der Waals surface area contributed by atoms with Gasteiger partial charge in [-0.15, -0.1) is 0 Å². The average Bonchev–Trinajstić information content (AvgIpc) is 2.39. The zero-order valence-electron chi connectivity index (χ0n) is 10.2. The summed E-state index contributed by atoms with van der Waals surface area (Å²) >= 11 is 5.75. The van der Waals surface area contributed by atoms with Gasteiger partial charge in [-0.2, -0.15) is 0 Å². The number of hydrogen-bond donors (Lipinski definition) is 2. The summed E-state index contributed by atoms with van der Waals surface area (Å²) in [4.78, 5) is 19.2. The number of rotatable bonds is 4. The lowest BCUT2D eigenvalue weighted by molar-refractivity contribution is 0.0697. The maximum atomic E-state index is 10.9. The number of carboxylic acid groups (broad SMARTS) is 1. The molecule has 0 aromatic carbocycles. The Hall–Kier alpha value is -2.14. The van der Waals surface area contributed by atoms with Gasteiger partial charge in [0.1, 0.15) is 5.82 Å². The maximum absolute atomic E-state index is 10.9. The summed E-state index contributed by atoms with van der Waals surface area (Å²) in [5, 5.41) is 12.1. The van der Waals surface area contributed by atoms with E-state index in [1.165, 1.54) is 12.3 Å². The summed E-state index contributed by atoms with van der Waals surface area (Å²) in [5.41, 5.74) is 1.97. The molecule has 0 aliphatic rings. The first-order valence-corrected chi connectivity index (χ1v) is 5.99. The van der Waals surface area contributed by atoms with E-state index in [1.807, 2.05) is 19.1 Å². The lowest BCUT2D eigenvalue weighted by Gasteiger charge is -2.08. The van der Waals surface area contributed by atoms with Gasteiger partial charge in [0.25, 0.3) is 0 Å². The number of nitrogens with zero attached hydrogens (tertiary/aromatic N) is 2. The number of carboxylic acids is 1. The molecule has 19 heavy (non-hydrogen) atoms. The highest BCUT2D eigenvalue weighted by molar-refractivity contribution is 6.33. The molecule has 0 unspecified atom stereocenters. The lowest BCUT2D eigenvalue weighted by Crippen LogP contribution is -2.06. The summed E-state index contributed by atoms with van der Waals surface area (Å²) in [7, 11) is 0. The van der Waals surface area contributed by atoms with Gasteiger partial charge in [-0.05, 0) is 24.6 Å². The molecule has 0 aliphatic heterocycles. The van der Waals surface area contributed by atoms with Crippen LogP contribution in [0.4, 0.5) is 5.82 Å². The largest absolute Gasteiger partial charge is 0.478 e. The Morgan fingerprint density at radius 1 is 1.47 bits per heavy atom. The molecule has 0 amide bonds. The molecule has 6 heteroatoms. The van der Waals surface area contributed by atoms with Gasteiger partial charge in [0, 0.05) is 12.4 Å². The molecule has 0 aliphatic carbocycles. The van der Waals surface area contributed by atoms with Crippen molar-refractivity contribution in [1.29, 1.82) is 0 Å². The summed E-state index contributed by atoms with van der Waals surface area (Å²) in [5.74, 6) is -0.628. The molecule has 2 rings (SSSR count). The summed E-state index contributed by atoms with van der Waals surface area (Å²) in [6.07, 6.45) is 3.03. The van der Waals surface area contributed by atoms with Gasteiger partial charge in [0.05, 0.1) is 22.8 Å². The molecule has 2 aromatic rings. The van der Waals surface area contributed by atoms with E-state index >= 15 is 0 Å². The summed E-state index contributed by atoms with van der Waals surface area (Å²) in [6, 6.07) is 5.23. The molecule has 0 saturated heterocycles. The van der Waals surface area contributed by atoms with Crippen molar-refractivity contribution >= 4 is 23.4 Å². The van der Waals surface area contributed by atoms with Crippen LogP contribution in [0.3, 0.4) is 0 Å². The number of aromatic nitrogens is 2. The second-order valence-electron chi connectivity index (χ2n) is 3.98. The second-order valence-corrected chi connectivity index (χ2v) is 4.38. The number of aromatic carboxylic acids is 1. The van der Waals surface area contributed by atoms with Gasteiger partial charge >= 0.3 is 5.97 Å². The highest BCUT2D eigenvalue weighted by Crippen LogP contribution is 2.18. The SMILES string of the molecule is Cc1cccnc1CNc1cc(C(=O)O)c(Cl)cn1. The van der Waals surface area contributed by atoms with Crippen LogP contribution in [-0.2, 0) is 6.54 Å². The van der Waals surface area contributed by atoms with Crippen LogP contribution in [0, 0.1) is 6.92 Å². The molecule has 0 fully saturated rings. The fraction of sp³-hybridized carbons (Fsp3) is 0.154. The van der Waals surface area contributed by atoms with E-state index in [-0.39, 0.29) is 10.6 Å². The van der Waals surface area contributed by atoms with Gasteiger partial charge in [-0.25, -0.2) is 9.78 Å². The Kier molecular flexibility index (Phi) is 3.97. The Bertz CT molecular complexity index is 617. The van der Waals surface area contributed by atoms with Gasteiger partial charge in [0.2, 0.25) is 0 Å². The van der Waals surface area contributed by atoms with Crippen molar-refractivity contribution in [2.75, 3.05) is 5.32 Å². The minimum absolute atomic E-state index is 0.0249. The van der Waals surface area contributed by atoms with Crippen LogP contribution in [0.2, 0.25) is 5.02 Å². The standard InChI is InChI=1S/C13H12ClN3O2/c1-8-3-2-4-15-11(8)7-17-12-5-9(13(18)19)10(14)6-16-12/h2-6H,7H2,1H3,(H,16,17)(H,18,19). The van der Waals surface area contributed by atoms with E-state index in [9.17, 15) is 4.79 Å². The van der Waals surface area contributed by atoms with E-state index in [0.717, 1.165) is 11.3 Å². The van der Waals surface area contributed by atoms with Gasteiger partial charge in [-0.3, -0.25) is 4.98 Å². The van der Waals surface area contributed by atoms with Crippen LogP contribution in [0.25, 0.3) is 0 Å². The first kappa shape index (κ1) is 13.3. The number of halogens is 1. The van der Waals surface area contributed by atoms with E-state index in [1.54, 1.807) is 6.20 Å². The number of carbonyl (C=O) groups is 1. The highest BCUT2D eigenvalue weighted by Gasteiger charge is 2.10. The van der Waals surface area contributed by atoms with Crippen LogP contribution < -0.4 is 5.32 Å². The molecule has 0 bridgehead atoms. The Balaban J connectivity index is 2.14. The van der Waals surface area contributed by atoms with Gasteiger partial charge in [-0.1, -0.05) is 17.7 Å². The molecule has 5 nitrogen and oxygen atoms in total. The van der Waals surface area contributed by atoms with Crippen LogP contribution in [0.5, 0.6) is 0 Å². The minimum atomic E-state index is -1.08. The van der Waals surface area contributed by atoms with Crippen molar-refractivity contribution in [3.63, 3.8) is 0 Å². The first-order valence-electron chi connectivity index (χ1n) is 5.61. The third-order valence-corrected chi connectivity index (χ3v) is 2.94. The van der Waals surface area contributed by atoms with Crippen molar-refractivity contribution in [2.45, 2.75) is 13.5 Å². The number of pyridine rings is 2. The number of anilines is 1. The van der Waals surface area contributed by atoms with Crippen molar-refractivity contribution < 1.29 is 9.90 Å². The molecule has 2 N–H and O–H groups in total. The highest BCUT2D eigenvalue weighted by atomic mass is 35.5. The number of aryl methyl sites for hydroxylation is 1. The lowest BCUT2D eigenvalue weighted by atomic mass is 10.2. The molecule has 2 aromatic heterocycles. The number of hydrogen-bond acceptors (Lipinski definition) is 4.